The van der Waals surface area contributed by atoms with E-state index in [2.05, 4.69) is 10.3 Å². The highest BCUT2D eigenvalue weighted by molar-refractivity contribution is 7.85. The highest BCUT2D eigenvalue weighted by Gasteiger charge is 2.05. The first kappa shape index (κ1) is 10.7. The second-order valence-electron chi connectivity index (χ2n) is 3.38. The zero-order chi connectivity index (χ0) is 9.73. The van der Waals surface area contributed by atoms with E-state index in [1.807, 2.05) is 0 Å². The molecule has 0 aliphatic heterocycles. The van der Waals surface area contributed by atoms with Gasteiger partial charge in [-0.15, -0.1) is 0 Å². The van der Waals surface area contributed by atoms with Gasteiger partial charge in [0.2, 0.25) is 0 Å². The molecule has 0 bridgehead atoms. The molecule has 0 aromatic heterocycles. The summed E-state index contributed by atoms with van der Waals surface area (Å²) in [6.07, 6.45) is 8.74. The molecule has 0 atom stereocenters. The maximum atomic E-state index is 10.6. The summed E-state index contributed by atoms with van der Waals surface area (Å²) in [7, 11) is -3.24. The first-order chi connectivity index (χ1) is 6.08. The topological polar surface area (TPSA) is 43.4 Å². The van der Waals surface area contributed by atoms with Crippen molar-refractivity contribution in [3.05, 3.63) is 11.6 Å². The van der Waals surface area contributed by atoms with Crippen LogP contribution in [-0.2, 0) is 14.3 Å². The van der Waals surface area contributed by atoms with E-state index in [0.717, 1.165) is 19.1 Å². The third-order valence-corrected chi connectivity index (χ3v) is 2.67. The summed E-state index contributed by atoms with van der Waals surface area (Å²) >= 11 is 0. The number of hydrogen-bond donors (Lipinski definition) is 0. The smallest absolute Gasteiger partial charge is 0.264 e. The molecule has 0 amide bonds. The van der Waals surface area contributed by atoms with Gasteiger partial charge in [0.15, 0.2) is 0 Å². The molecule has 0 aromatic rings. The Morgan fingerprint density at radius 2 is 2.31 bits per heavy atom. The molecular formula is C9H16O3S. The van der Waals surface area contributed by atoms with Crippen LogP contribution in [0.5, 0.6) is 0 Å². The fourth-order valence-electron chi connectivity index (χ4n) is 1.47. The molecule has 0 fully saturated rings. The van der Waals surface area contributed by atoms with Crippen LogP contribution in [0.2, 0.25) is 0 Å². The number of rotatable bonds is 5. The molecule has 76 valence electrons. The summed E-state index contributed by atoms with van der Waals surface area (Å²) < 4.78 is 25.8. The lowest BCUT2D eigenvalue weighted by Gasteiger charge is -2.01. The normalized spacial score (nSPS) is 17.5. The molecule has 1 rings (SSSR count). The predicted octanol–water partition coefficient (Wildman–Crippen LogP) is 1.85. The monoisotopic (exact) mass is 204 g/mol. The van der Waals surface area contributed by atoms with Gasteiger partial charge in [-0.25, -0.2) is 0 Å². The second-order valence-corrected chi connectivity index (χ2v) is 5.03. The Balaban J connectivity index is 2.07. The Morgan fingerprint density at radius 3 is 2.85 bits per heavy atom. The predicted molar refractivity (Wildman–Crippen MR) is 52.0 cm³/mol. The number of hydrogen-bond acceptors (Lipinski definition) is 3. The third kappa shape index (κ3) is 5.05. The Bertz CT molecular complexity index is 277. The minimum Gasteiger partial charge on any atom is -0.270 e. The fraction of sp³-hybridized carbons (Fsp3) is 0.778. The molecule has 0 spiro atoms. The van der Waals surface area contributed by atoms with Gasteiger partial charge in [0.1, 0.15) is 0 Å². The standard InChI is InChI=1S/C9H16O3S/c1-13(10,11)12-8-4-7-9-5-2-3-6-9/h5H,2-4,6-8H2,1H3. The molecule has 0 unspecified atom stereocenters. The molecule has 4 heteroatoms. The van der Waals surface area contributed by atoms with E-state index in [-0.39, 0.29) is 0 Å². The SMILES string of the molecule is CS(=O)(=O)OCCCC1=CCCC1. The fourth-order valence-corrected chi connectivity index (χ4v) is 1.89. The molecule has 13 heavy (non-hydrogen) atoms. The van der Waals surface area contributed by atoms with Gasteiger partial charge in [-0.1, -0.05) is 11.6 Å². The van der Waals surface area contributed by atoms with E-state index in [9.17, 15) is 8.42 Å². The van der Waals surface area contributed by atoms with E-state index in [4.69, 9.17) is 0 Å². The molecular weight excluding hydrogens is 188 g/mol. The Hall–Kier alpha value is -0.350. The zero-order valence-electron chi connectivity index (χ0n) is 7.95. The van der Waals surface area contributed by atoms with Crippen LogP contribution in [-0.4, -0.2) is 21.3 Å². The summed E-state index contributed by atoms with van der Waals surface area (Å²) in [6, 6.07) is 0. The lowest BCUT2D eigenvalue weighted by atomic mass is 10.1. The average molecular weight is 204 g/mol. The van der Waals surface area contributed by atoms with Crippen LogP contribution in [0.25, 0.3) is 0 Å². The molecule has 0 aromatic carbocycles. The van der Waals surface area contributed by atoms with Crippen LogP contribution in [0, 0.1) is 0 Å². The van der Waals surface area contributed by atoms with E-state index >= 15 is 0 Å². The molecule has 1 aliphatic carbocycles. The Kier molecular flexibility index (Phi) is 3.93. The summed E-state index contributed by atoms with van der Waals surface area (Å²) in [4.78, 5) is 0. The molecule has 0 N–H and O–H groups in total. The van der Waals surface area contributed by atoms with Gasteiger partial charge in [0, 0.05) is 0 Å². The van der Waals surface area contributed by atoms with Crippen molar-refractivity contribution in [2.45, 2.75) is 32.1 Å². The van der Waals surface area contributed by atoms with Gasteiger partial charge in [-0.3, -0.25) is 4.18 Å². The van der Waals surface area contributed by atoms with Crippen molar-refractivity contribution in [1.82, 2.24) is 0 Å². The van der Waals surface area contributed by atoms with Crippen molar-refractivity contribution in [3.8, 4) is 0 Å². The van der Waals surface area contributed by atoms with Gasteiger partial charge < -0.3 is 0 Å². The van der Waals surface area contributed by atoms with E-state index < -0.39 is 10.1 Å². The quantitative estimate of drug-likeness (QED) is 0.390. The summed E-state index contributed by atoms with van der Waals surface area (Å²) in [5.41, 5.74) is 1.46. The molecule has 3 nitrogen and oxygen atoms in total. The van der Waals surface area contributed by atoms with E-state index in [0.29, 0.717) is 6.61 Å². The third-order valence-electron chi connectivity index (χ3n) is 2.07. The molecule has 0 saturated carbocycles. The maximum absolute atomic E-state index is 10.6. The minimum absolute atomic E-state index is 0.316. The second kappa shape index (κ2) is 4.77. The van der Waals surface area contributed by atoms with Crippen LogP contribution in [0.15, 0.2) is 11.6 Å². The van der Waals surface area contributed by atoms with Crippen LogP contribution >= 0.6 is 0 Å². The van der Waals surface area contributed by atoms with Crippen molar-refractivity contribution >= 4 is 10.1 Å². The summed E-state index contributed by atoms with van der Waals surface area (Å²) in [6.45, 7) is 0.316. The van der Waals surface area contributed by atoms with Crippen molar-refractivity contribution in [2.75, 3.05) is 12.9 Å². The summed E-state index contributed by atoms with van der Waals surface area (Å²) in [5.74, 6) is 0. The largest absolute Gasteiger partial charge is 0.270 e. The average Bonchev–Trinajstić information content (AvgIpc) is 2.48. The van der Waals surface area contributed by atoms with Crippen molar-refractivity contribution in [3.63, 3.8) is 0 Å². The van der Waals surface area contributed by atoms with Crippen molar-refractivity contribution in [1.29, 1.82) is 0 Å². The van der Waals surface area contributed by atoms with Crippen molar-refractivity contribution in [2.24, 2.45) is 0 Å². The highest BCUT2D eigenvalue weighted by Crippen LogP contribution is 2.21. The highest BCUT2D eigenvalue weighted by atomic mass is 32.2. The maximum Gasteiger partial charge on any atom is 0.264 e. The van der Waals surface area contributed by atoms with Crippen LogP contribution in [0.1, 0.15) is 32.1 Å². The van der Waals surface area contributed by atoms with Gasteiger partial charge in [0.25, 0.3) is 10.1 Å². The molecule has 1 aliphatic rings. The molecule has 0 heterocycles. The first-order valence-electron chi connectivity index (χ1n) is 4.60. The molecule has 0 saturated heterocycles. The van der Waals surface area contributed by atoms with Gasteiger partial charge >= 0.3 is 0 Å². The van der Waals surface area contributed by atoms with E-state index in [1.165, 1.54) is 24.8 Å². The number of allylic oxidation sites excluding steroid dienone is 2. The first-order valence-corrected chi connectivity index (χ1v) is 6.42. The van der Waals surface area contributed by atoms with Gasteiger partial charge in [-0.05, 0) is 32.1 Å². The van der Waals surface area contributed by atoms with E-state index in [1.54, 1.807) is 0 Å². The lowest BCUT2D eigenvalue weighted by Crippen LogP contribution is -2.04. The van der Waals surface area contributed by atoms with Crippen LogP contribution in [0.3, 0.4) is 0 Å². The minimum atomic E-state index is -3.24. The Labute approximate surface area is 79.9 Å². The van der Waals surface area contributed by atoms with Gasteiger partial charge in [0.05, 0.1) is 12.9 Å². The molecule has 0 radical (unpaired) electrons. The summed E-state index contributed by atoms with van der Waals surface area (Å²) in [5, 5.41) is 0. The van der Waals surface area contributed by atoms with Crippen LogP contribution in [0.4, 0.5) is 0 Å². The lowest BCUT2D eigenvalue weighted by molar-refractivity contribution is 0.315. The zero-order valence-corrected chi connectivity index (χ0v) is 8.77. The van der Waals surface area contributed by atoms with Crippen LogP contribution < -0.4 is 0 Å². The van der Waals surface area contributed by atoms with Crippen molar-refractivity contribution < 1.29 is 12.6 Å². The van der Waals surface area contributed by atoms with Gasteiger partial charge in [-0.2, -0.15) is 8.42 Å². The Morgan fingerprint density at radius 1 is 1.54 bits per heavy atom.